The molecule has 1 saturated carbocycles. The zero-order valence-electron chi connectivity index (χ0n) is 19.6. The molecule has 1 N–H and O–H groups in total. The number of nitrogens with zero attached hydrogens (tertiary/aromatic N) is 1. The number of carbonyl (C=O) groups is 2. The van der Waals surface area contributed by atoms with Crippen molar-refractivity contribution in [2.45, 2.75) is 44.4 Å². The van der Waals surface area contributed by atoms with Gasteiger partial charge in [0.2, 0.25) is 0 Å². The van der Waals surface area contributed by atoms with Crippen LogP contribution in [0.4, 0.5) is 4.79 Å². The van der Waals surface area contributed by atoms with Crippen molar-refractivity contribution in [3.8, 4) is 23.0 Å². The molecule has 2 amide bonds. The number of likely N-dealkylation sites (tertiary alicyclic amines) is 1. The highest BCUT2D eigenvalue weighted by atomic mass is 16.6. The summed E-state index contributed by atoms with van der Waals surface area (Å²) in [7, 11) is 0. The number of rotatable bonds is 5. The number of amides is 2. The molecule has 3 aromatic rings. The van der Waals surface area contributed by atoms with Crippen LogP contribution in [0.1, 0.15) is 47.2 Å². The molecular weight excluding hydrogens is 436 g/mol. The van der Waals surface area contributed by atoms with E-state index in [4.69, 9.17) is 4.74 Å². The second-order valence-corrected chi connectivity index (χ2v) is 9.07. The van der Waals surface area contributed by atoms with Crippen LogP contribution in [0.5, 0.6) is 0 Å². The van der Waals surface area contributed by atoms with Gasteiger partial charge in [-0.25, -0.2) is 4.79 Å². The number of benzene rings is 3. The summed E-state index contributed by atoms with van der Waals surface area (Å²) in [6, 6.07) is 25.6. The van der Waals surface area contributed by atoms with Gasteiger partial charge in [0.15, 0.2) is 0 Å². The number of nitrogens with one attached hydrogen (secondary N) is 1. The zero-order chi connectivity index (χ0) is 24.0. The van der Waals surface area contributed by atoms with E-state index in [1.54, 1.807) is 4.90 Å². The number of hydrogen-bond donors (Lipinski definition) is 1. The maximum absolute atomic E-state index is 12.6. The Kier molecular flexibility index (Phi) is 6.81. The molecule has 2 fully saturated rings. The fourth-order valence-corrected chi connectivity index (χ4v) is 4.19. The van der Waals surface area contributed by atoms with Gasteiger partial charge in [-0.1, -0.05) is 66.4 Å². The van der Waals surface area contributed by atoms with Gasteiger partial charge in [0.1, 0.15) is 6.61 Å². The third-order valence-corrected chi connectivity index (χ3v) is 6.33. The third kappa shape index (κ3) is 5.91. The van der Waals surface area contributed by atoms with Gasteiger partial charge < -0.3 is 10.1 Å². The molecule has 1 atom stereocenters. The Hall–Kier alpha value is -4.04. The molecule has 0 bridgehead atoms. The number of carbonyl (C=O) groups excluding carboxylic acids is 2. The second-order valence-electron chi connectivity index (χ2n) is 9.07. The van der Waals surface area contributed by atoms with Crippen LogP contribution in [0.2, 0.25) is 0 Å². The van der Waals surface area contributed by atoms with E-state index in [2.05, 4.69) is 17.2 Å². The lowest BCUT2D eigenvalue weighted by atomic mass is 10.0. The largest absolute Gasteiger partial charge is 0.445 e. The van der Waals surface area contributed by atoms with Gasteiger partial charge in [0.05, 0.1) is 6.04 Å². The van der Waals surface area contributed by atoms with E-state index in [0.29, 0.717) is 18.2 Å². The first-order valence-corrected chi connectivity index (χ1v) is 12.2. The van der Waals surface area contributed by atoms with E-state index >= 15 is 0 Å². The molecule has 1 saturated heterocycles. The molecule has 5 nitrogen and oxygen atoms in total. The van der Waals surface area contributed by atoms with Crippen molar-refractivity contribution in [2.24, 2.45) is 0 Å². The first-order chi connectivity index (χ1) is 17.2. The average Bonchev–Trinajstić information content (AvgIpc) is 3.59. The van der Waals surface area contributed by atoms with Gasteiger partial charge in [-0.05, 0) is 66.6 Å². The molecule has 176 valence electrons. The van der Waals surface area contributed by atoms with Crippen LogP contribution in [0.3, 0.4) is 0 Å². The average molecular weight is 465 g/mol. The van der Waals surface area contributed by atoms with Gasteiger partial charge in [-0.15, -0.1) is 0 Å². The predicted molar refractivity (Wildman–Crippen MR) is 136 cm³/mol. The van der Waals surface area contributed by atoms with Crippen LogP contribution in [0, 0.1) is 11.8 Å². The first-order valence-electron chi connectivity index (χ1n) is 12.2. The van der Waals surface area contributed by atoms with Crippen molar-refractivity contribution in [1.29, 1.82) is 0 Å². The van der Waals surface area contributed by atoms with Crippen molar-refractivity contribution < 1.29 is 14.3 Å². The predicted octanol–water partition coefficient (Wildman–Crippen LogP) is 5.40. The fraction of sp³-hybridized carbons (Fsp3) is 0.267. The van der Waals surface area contributed by atoms with E-state index < -0.39 is 0 Å². The number of ether oxygens (including phenoxy) is 1. The molecule has 35 heavy (non-hydrogen) atoms. The van der Waals surface area contributed by atoms with Crippen LogP contribution in [-0.4, -0.2) is 35.5 Å². The molecule has 0 spiro atoms. The standard InChI is InChI=1S/C30H28N2O3/c33-29(31-27-16-17-27)25-14-12-24(13-15-25)26-9-4-8-22(20-26)11-18-28-10-5-19-32(28)30(34)35-21-23-6-2-1-3-7-23/h1-4,6-9,12-15,20,27-28H,5,10,16-17,19,21H2,(H,31,33). The van der Waals surface area contributed by atoms with Crippen LogP contribution >= 0.6 is 0 Å². The maximum Gasteiger partial charge on any atom is 0.411 e. The van der Waals surface area contributed by atoms with E-state index in [9.17, 15) is 9.59 Å². The Morgan fingerprint density at radius 1 is 0.914 bits per heavy atom. The van der Waals surface area contributed by atoms with E-state index in [0.717, 1.165) is 47.9 Å². The lowest BCUT2D eigenvalue weighted by Crippen LogP contribution is -2.35. The first kappa shape index (κ1) is 22.7. The van der Waals surface area contributed by atoms with Crippen molar-refractivity contribution in [3.05, 3.63) is 95.6 Å². The van der Waals surface area contributed by atoms with Crippen molar-refractivity contribution in [3.63, 3.8) is 0 Å². The molecule has 2 aliphatic rings. The van der Waals surface area contributed by atoms with E-state index in [1.807, 2.05) is 78.9 Å². The summed E-state index contributed by atoms with van der Waals surface area (Å²) in [6.45, 7) is 0.924. The summed E-state index contributed by atoms with van der Waals surface area (Å²) in [4.78, 5) is 26.6. The summed E-state index contributed by atoms with van der Waals surface area (Å²) in [6.07, 6.45) is 3.60. The van der Waals surface area contributed by atoms with Gasteiger partial charge >= 0.3 is 6.09 Å². The highest BCUT2D eigenvalue weighted by molar-refractivity contribution is 5.95. The SMILES string of the molecule is O=C(NC1CC1)c1ccc(-c2cccc(C#CC3CCCN3C(=O)OCc3ccccc3)c2)cc1. The van der Waals surface area contributed by atoms with Crippen LogP contribution in [0.15, 0.2) is 78.9 Å². The Morgan fingerprint density at radius 2 is 1.71 bits per heavy atom. The van der Waals surface area contributed by atoms with Crippen molar-refractivity contribution in [1.82, 2.24) is 10.2 Å². The molecule has 1 heterocycles. The van der Waals surface area contributed by atoms with Crippen LogP contribution in [0.25, 0.3) is 11.1 Å². The monoisotopic (exact) mass is 464 g/mol. The molecule has 1 aliphatic heterocycles. The van der Waals surface area contributed by atoms with Crippen molar-refractivity contribution >= 4 is 12.0 Å². The summed E-state index contributed by atoms with van der Waals surface area (Å²) < 4.78 is 5.51. The van der Waals surface area contributed by atoms with E-state index in [-0.39, 0.29) is 24.6 Å². The smallest absolute Gasteiger partial charge is 0.411 e. The van der Waals surface area contributed by atoms with Gasteiger partial charge in [-0.2, -0.15) is 0 Å². The summed E-state index contributed by atoms with van der Waals surface area (Å²) in [5.74, 6) is 6.51. The van der Waals surface area contributed by atoms with Gasteiger partial charge in [0.25, 0.3) is 5.91 Å². The molecule has 1 unspecified atom stereocenters. The Bertz CT molecular complexity index is 1250. The van der Waals surface area contributed by atoms with Gasteiger partial charge in [0, 0.05) is 23.7 Å². The Morgan fingerprint density at radius 3 is 2.49 bits per heavy atom. The minimum atomic E-state index is -0.315. The zero-order valence-corrected chi connectivity index (χ0v) is 19.6. The lowest BCUT2D eigenvalue weighted by molar-refractivity contribution is 0.0949. The van der Waals surface area contributed by atoms with Crippen molar-refractivity contribution in [2.75, 3.05) is 6.54 Å². The van der Waals surface area contributed by atoms with Gasteiger partial charge in [-0.3, -0.25) is 9.69 Å². The molecule has 5 heteroatoms. The quantitative estimate of drug-likeness (QED) is 0.515. The topological polar surface area (TPSA) is 58.6 Å². The van der Waals surface area contributed by atoms with Crippen LogP contribution in [-0.2, 0) is 11.3 Å². The number of hydrogen-bond acceptors (Lipinski definition) is 3. The molecular formula is C30H28N2O3. The molecule has 3 aromatic carbocycles. The highest BCUT2D eigenvalue weighted by Gasteiger charge is 2.28. The summed E-state index contributed by atoms with van der Waals surface area (Å²) in [5, 5.41) is 3.02. The minimum absolute atomic E-state index is 0.0120. The lowest BCUT2D eigenvalue weighted by Gasteiger charge is -2.20. The molecule has 0 radical (unpaired) electrons. The highest BCUT2D eigenvalue weighted by Crippen LogP contribution is 2.23. The maximum atomic E-state index is 12.6. The van der Waals surface area contributed by atoms with E-state index in [1.165, 1.54) is 0 Å². The normalized spacial score (nSPS) is 16.8. The second kappa shape index (κ2) is 10.5. The molecule has 0 aromatic heterocycles. The third-order valence-electron chi connectivity index (χ3n) is 6.33. The Balaban J connectivity index is 1.23. The Labute approximate surface area is 206 Å². The fourth-order valence-electron chi connectivity index (χ4n) is 4.19. The van der Waals surface area contributed by atoms with Crippen LogP contribution < -0.4 is 5.32 Å². The molecule has 1 aliphatic carbocycles. The summed E-state index contributed by atoms with van der Waals surface area (Å²) in [5.41, 5.74) is 4.61. The minimum Gasteiger partial charge on any atom is -0.445 e. The summed E-state index contributed by atoms with van der Waals surface area (Å²) >= 11 is 0. The molecule has 5 rings (SSSR count).